The predicted molar refractivity (Wildman–Crippen MR) is 74.0 cm³/mol. The Morgan fingerprint density at radius 2 is 2.17 bits per heavy atom. The van der Waals surface area contributed by atoms with Gasteiger partial charge in [-0.2, -0.15) is 5.26 Å². The third-order valence-corrected chi connectivity index (χ3v) is 3.65. The molecule has 0 spiro atoms. The highest BCUT2D eigenvalue weighted by atomic mass is 79.9. The van der Waals surface area contributed by atoms with Crippen LogP contribution in [-0.2, 0) is 0 Å². The molecule has 1 aromatic carbocycles. The highest BCUT2D eigenvalue weighted by Crippen LogP contribution is 2.32. The molecule has 0 atom stereocenters. The molecule has 0 aliphatic carbocycles. The zero-order valence-electron chi connectivity index (χ0n) is 9.43. The Balaban J connectivity index is 2.45. The standard InChI is InChI=1S/C12H8BrClN4/c1-18(9-4-2-3-8(5-9)6-15)12-10(13)11(14)16-7-17-12/h2-5,7H,1H3. The lowest BCUT2D eigenvalue weighted by molar-refractivity contribution is 1.07. The Morgan fingerprint density at radius 3 is 2.89 bits per heavy atom. The van der Waals surface area contributed by atoms with Crippen LogP contribution in [0.3, 0.4) is 0 Å². The molecule has 2 rings (SSSR count). The van der Waals surface area contributed by atoms with Gasteiger partial charge in [0.1, 0.15) is 11.5 Å². The van der Waals surface area contributed by atoms with Gasteiger partial charge in [0, 0.05) is 12.7 Å². The van der Waals surface area contributed by atoms with E-state index in [4.69, 9.17) is 16.9 Å². The molecule has 0 unspecified atom stereocenters. The number of anilines is 2. The van der Waals surface area contributed by atoms with Crippen LogP contribution in [0, 0.1) is 11.3 Å². The lowest BCUT2D eigenvalue weighted by Gasteiger charge is -2.19. The molecule has 4 nitrogen and oxygen atoms in total. The third kappa shape index (κ3) is 2.45. The predicted octanol–water partition coefficient (Wildman–Crippen LogP) is 3.53. The lowest BCUT2D eigenvalue weighted by atomic mass is 10.2. The van der Waals surface area contributed by atoms with Gasteiger partial charge in [-0.3, -0.25) is 0 Å². The first-order chi connectivity index (χ1) is 8.63. The summed E-state index contributed by atoms with van der Waals surface area (Å²) in [5.74, 6) is 0.644. The van der Waals surface area contributed by atoms with Gasteiger partial charge in [0.15, 0.2) is 5.82 Å². The summed E-state index contributed by atoms with van der Waals surface area (Å²) in [7, 11) is 1.85. The molecule has 0 radical (unpaired) electrons. The molecule has 1 aromatic heterocycles. The number of rotatable bonds is 2. The van der Waals surface area contributed by atoms with Crippen molar-refractivity contribution in [3.8, 4) is 6.07 Å². The van der Waals surface area contributed by atoms with Gasteiger partial charge in [0.05, 0.1) is 16.1 Å². The van der Waals surface area contributed by atoms with Gasteiger partial charge < -0.3 is 4.90 Å². The van der Waals surface area contributed by atoms with Crippen LogP contribution in [0.5, 0.6) is 0 Å². The molecule has 90 valence electrons. The fourth-order valence-corrected chi connectivity index (χ4v) is 2.08. The minimum atomic E-state index is 0.350. The fourth-order valence-electron chi connectivity index (χ4n) is 1.48. The van der Waals surface area contributed by atoms with Gasteiger partial charge in [-0.05, 0) is 34.1 Å². The minimum Gasteiger partial charge on any atom is -0.328 e. The van der Waals surface area contributed by atoms with Crippen molar-refractivity contribution in [3.05, 3.63) is 45.8 Å². The van der Waals surface area contributed by atoms with E-state index in [2.05, 4.69) is 32.0 Å². The van der Waals surface area contributed by atoms with E-state index in [9.17, 15) is 0 Å². The zero-order chi connectivity index (χ0) is 13.1. The molecule has 0 aliphatic heterocycles. The number of aromatic nitrogens is 2. The van der Waals surface area contributed by atoms with Gasteiger partial charge in [-0.15, -0.1) is 0 Å². The summed E-state index contributed by atoms with van der Waals surface area (Å²) >= 11 is 9.28. The van der Waals surface area contributed by atoms with Crippen LogP contribution < -0.4 is 4.90 Å². The maximum Gasteiger partial charge on any atom is 0.152 e. The molecule has 1 heterocycles. The van der Waals surface area contributed by atoms with Crippen molar-refractivity contribution < 1.29 is 0 Å². The molecule has 0 bridgehead atoms. The molecule has 0 N–H and O–H groups in total. The van der Waals surface area contributed by atoms with E-state index >= 15 is 0 Å². The molecule has 0 amide bonds. The van der Waals surface area contributed by atoms with Crippen molar-refractivity contribution in [2.24, 2.45) is 0 Å². The minimum absolute atomic E-state index is 0.350. The largest absolute Gasteiger partial charge is 0.328 e. The van der Waals surface area contributed by atoms with Gasteiger partial charge in [-0.1, -0.05) is 17.7 Å². The topological polar surface area (TPSA) is 52.8 Å². The van der Waals surface area contributed by atoms with E-state index in [-0.39, 0.29) is 0 Å². The lowest BCUT2D eigenvalue weighted by Crippen LogP contribution is -2.12. The second kappa shape index (κ2) is 5.34. The number of halogens is 2. The van der Waals surface area contributed by atoms with Gasteiger partial charge in [-0.25, -0.2) is 9.97 Å². The summed E-state index contributed by atoms with van der Waals surface area (Å²) < 4.78 is 0.622. The first-order valence-electron chi connectivity index (χ1n) is 5.03. The molecule has 2 aromatic rings. The smallest absolute Gasteiger partial charge is 0.152 e. The van der Waals surface area contributed by atoms with Crippen molar-refractivity contribution in [2.75, 3.05) is 11.9 Å². The van der Waals surface area contributed by atoms with Crippen molar-refractivity contribution in [2.45, 2.75) is 0 Å². The van der Waals surface area contributed by atoms with Crippen LogP contribution in [0.25, 0.3) is 0 Å². The van der Waals surface area contributed by atoms with Crippen LogP contribution in [0.15, 0.2) is 35.1 Å². The van der Waals surface area contributed by atoms with E-state index < -0.39 is 0 Å². The number of benzene rings is 1. The quantitative estimate of drug-likeness (QED) is 0.793. The van der Waals surface area contributed by atoms with E-state index in [0.717, 1.165) is 5.69 Å². The van der Waals surface area contributed by atoms with Gasteiger partial charge in [0.25, 0.3) is 0 Å². The van der Waals surface area contributed by atoms with Crippen LogP contribution >= 0.6 is 27.5 Å². The summed E-state index contributed by atoms with van der Waals surface area (Å²) in [4.78, 5) is 9.88. The Hall–Kier alpha value is -1.64. The molecule has 0 fully saturated rings. The first-order valence-corrected chi connectivity index (χ1v) is 6.20. The zero-order valence-corrected chi connectivity index (χ0v) is 11.8. The van der Waals surface area contributed by atoms with E-state index in [1.54, 1.807) is 12.1 Å². The Bertz CT molecular complexity index is 624. The summed E-state index contributed by atoms with van der Waals surface area (Å²) in [6.07, 6.45) is 1.40. The normalized spacial score (nSPS) is 9.89. The average molecular weight is 324 g/mol. The number of hydrogen-bond donors (Lipinski definition) is 0. The highest BCUT2D eigenvalue weighted by molar-refractivity contribution is 9.10. The Labute approximate surface area is 118 Å². The maximum atomic E-state index is 8.89. The van der Waals surface area contributed by atoms with Crippen molar-refractivity contribution in [1.29, 1.82) is 5.26 Å². The summed E-state index contributed by atoms with van der Waals surface area (Å²) in [5.41, 5.74) is 1.44. The summed E-state index contributed by atoms with van der Waals surface area (Å²) in [6, 6.07) is 9.34. The molecular formula is C12H8BrClN4. The average Bonchev–Trinajstić information content (AvgIpc) is 2.41. The molecule has 6 heteroatoms. The van der Waals surface area contributed by atoms with Crippen LogP contribution in [0.4, 0.5) is 11.5 Å². The fraction of sp³-hybridized carbons (Fsp3) is 0.0833. The van der Waals surface area contributed by atoms with Gasteiger partial charge >= 0.3 is 0 Å². The monoisotopic (exact) mass is 322 g/mol. The molecular weight excluding hydrogens is 316 g/mol. The highest BCUT2D eigenvalue weighted by Gasteiger charge is 2.13. The van der Waals surface area contributed by atoms with Crippen molar-refractivity contribution in [1.82, 2.24) is 9.97 Å². The van der Waals surface area contributed by atoms with E-state index in [1.807, 2.05) is 24.1 Å². The van der Waals surface area contributed by atoms with Crippen molar-refractivity contribution >= 4 is 39.0 Å². The van der Waals surface area contributed by atoms with Gasteiger partial charge in [0.2, 0.25) is 0 Å². The summed E-state index contributed by atoms with van der Waals surface area (Å²) in [5, 5.41) is 9.24. The van der Waals surface area contributed by atoms with Crippen LogP contribution in [0.1, 0.15) is 5.56 Å². The number of hydrogen-bond acceptors (Lipinski definition) is 4. The SMILES string of the molecule is CN(c1cccc(C#N)c1)c1ncnc(Cl)c1Br. The molecule has 18 heavy (non-hydrogen) atoms. The van der Waals surface area contributed by atoms with E-state index in [0.29, 0.717) is 21.0 Å². The Morgan fingerprint density at radius 1 is 1.39 bits per heavy atom. The van der Waals surface area contributed by atoms with Crippen molar-refractivity contribution in [3.63, 3.8) is 0 Å². The molecule has 0 saturated heterocycles. The second-order valence-corrected chi connectivity index (χ2v) is 4.67. The summed E-state index contributed by atoms with van der Waals surface area (Å²) in [6.45, 7) is 0. The van der Waals surface area contributed by atoms with Crippen LogP contribution in [0.2, 0.25) is 5.15 Å². The second-order valence-electron chi connectivity index (χ2n) is 3.52. The molecule has 0 saturated carbocycles. The number of nitrogens with zero attached hydrogens (tertiary/aromatic N) is 4. The Kier molecular flexibility index (Phi) is 3.80. The number of nitriles is 1. The third-order valence-electron chi connectivity index (χ3n) is 2.41. The van der Waals surface area contributed by atoms with Crippen LogP contribution in [-0.4, -0.2) is 17.0 Å². The first kappa shape index (κ1) is 12.8. The molecule has 0 aliphatic rings. The maximum absolute atomic E-state index is 8.89. The van der Waals surface area contributed by atoms with E-state index in [1.165, 1.54) is 6.33 Å².